The van der Waals surface area contributed by atoms with Gasteiger partial charge in [-0.1, -0.05) is 0 Å². The quantitative estimate of drug-likeness (QED) is 0.832. The van der Waals surface area contributed by atoms with Crippen molar-refractivity contribution in [2.45, 2.75) is 25.8 Å². The SMILES string of the molecule is CCOC(=O)N1CCC(Nc2ccc(C#N)cc2N)CC1. The van der Waals surface area contributed by atoms with Gasteiger partial charge in [-0.25, -0.2) is 4.79 Å². The summed E-state index contributed by atoms with van der Waals surface area (Å²) in [5, 5.41) is 12.2. The highest BCUT2D eigenvalue weighted by molar-refractivity contribution is 5.69. The number of ether oxygens (including phenoxy) is 1. The van der Waals surface area contributed by atoms with E-state index in [-0.39, 0.29) is 12.1 Å². The van der Waals surface area contributed by atoms with E-state index in [1.54, 1.807) is 24.0 Å². The van der Waals surface area contributed by atoms with Gasteiger partial charge in [0.15, 0.2) is 0 Å². The van der Waals surface area contributed by atoms with E-state index < -0.39 is 0 Å². The maximum Gasteiger partial charge on any atom is 0.409 e. The molecule has 0 radical (unpaired) electrons. The first-order valence-electron chi connectivity index (χ1n) is 7.12. The van der Waals surface area contributed by atoms with E-state index in [1.807, 2.05) is 6.07 Å². The van der Waals surface area contributed by atoms with Gasteiger partial charge in [-0.05, 0) is 38.0 Å². The normalized spacial score (nSPS) is 15.3. The van der Waals surface area contributed by atoms with E-state index in [1.165, 1.54) is 0 Å². The molecule has 0 saturated carbocycles. The number of likely N-dealkylation sites (tertiary alicyclic amines) is 1. The van der Waals surface area contributed by atoms with E-state index in [0.717, 1.165) is 18.5 Å². The average molecular weight is 288 g/mol. The molecule has 3 N–H and O–H groups in total. The van der Waals surface area contributed by atoms with Gasteiger partial charge in [-0.15, -0.1) is 0 Å². The third-order valence-corrected chi connectivity index (χ3v) is 3.56. The molecule has 1 heterocycles. The Balaban J connectivity index is 1.89. The van der Waals surface area contributed by atoms with Crippen LogP contribution in [0.1, 0.15) is 25.3 Å². The summed E-state index contributed by atoms with van der Waals surface area (Å²) in [4.78, 5) is 13.3. The fourth-order valence-corrected chi connectivity index (χ4v) is 2.40. The van der Waals surface area contributed by atoms with Gasteiger partial charge in [-0.2, -0.15) is 5.26 Å². The Morgan fingerprint density at radius 3 is 2.81 bits per heavy atom. The third kappa shape index (κ3) is 3.78. The summed E-state index contributed by atoms with van der Waals surface area (Å²) < 4.78 is 5.00. The van der Waals surface area contributed by atoms with Crippen molar-refractivity contribution in [1.82, 2.24) is 4.90 Å². The number of rotatable bonds is 3. The fourth-order valence-electron chi connectivity index (χ4n) is 2.40. The Hall–Kier alpha value is -2.42. The summed E-state index contributed by atoms with van der Waals surface area (Å²) in [6, 6.07) is 7.56. The minimum Gasteiger partial charge on any atom is -0.450 e. The minimum absolute atomic E-state index is 0.242. The lowest BCUT2D eigenvalue weighted by atomic mass is 10.0. The number of carbonyl (C=O) groups excluding carboxylic acids is 1. The van der Waals surface area contributed by atoms with Crippen molar-refractivity contribution in [1.29, 1.82) is 5.26 Å². The molecule has 0 atom stereocenters. The van der Waals surface area contributed by atoms with Crippen LogP contribution in [0.5, 0.6) is 0 Å². The lowest BCUT2D eigenvalue weighted by Crippen LogP contribution is -2.42. The van der Waals surface area contributed by atoms with Crippen LogP contribution in [0.3, 0.4) is 0 Å². The van der Waals surface area contributed by atoms with Crippen molar-refractivity contribution in [3.05, 3.63) is 23.8 Å². The molecule has 1 saturated heterocycles. The smallest absolute Gasteiger partial charge is 0.409 e. The van der Waals surface area contributed by atoms with Crippen LogP contribution in [-0.2, 0) is 4.74 Å². The molecule has 0 spiro atoms. The molecule has 112 valence electrons. The predicted molar refractivity (Wildman–Crippen MR) is 80.8 cm³/mol. The maximum atomic E-state index is 11.6. The number of nitrogens with one attached hydrogen (secondary N) is 1. The molecule has 6 heteroatoms. The lowest BCUT2D eigenvalue weighted by molar-refractivity contribution is 0.0983. The van der Waals surface area contributed by atoms with Crippen LogP contribution >= 0.6 is 0 Å². The molecule has 1 aromatic rings. The highest BCUT2D eigenvalue weighted by Gasteiger charge is 2.23. The van der Waals surface area contributed by atoms with Crippen molar-refractivity contribution < 1.29 is 9.53 Å². The predicted octanol–water partition coefficient (Wildman–Crippen LogP) is 2.17. The van der Waals surface area contributed by atoms with Crippen molar-refractivity contribution in [2.24, 2.45) is 0 Å². The summed E-state index contributed by atoms with van der Waals surface area (Å²) in [7, 11) is 0. The number of piperidine rings is 1. The molecule has 0 aromatic heterocycles. The third-order valence-electron chi connectivity index (χ3n) is 3.56. The van der Waals surface area contributed by atoms with Crippen LogP contribution < -0.4 is 11.1 Å². The van der Waals surface area contributed by atoms with Crippen LogP contribution in [0.25, 0.3) is 0 Å². The molecule has 1 fully saturated rings. The number of hydrogen-bond donors (Lipinski definition) is 2. The number of carbonyl (C=O) groups is 1. The van der Waals surface area contributed by atoms with Crippen molar-refractivity contribution in [2.75, 3.05) is 30.7 Å². The molecule has 1 aromatic carbocycles. The molecule has 1 aliphatic rings. The van der Waals surface area contributed by atoms with E-state index in [4.69, 9.17) is 15.7 Å². The van der Waals surface area contributed by atoms with Crippen LogP contribution in [-0.4, -0.2) is 36.7 Å². The van der Waals surface area contributed by atoms with Gasteiger partial charge in [0.05, 0.1) is 29.6 Å². The first kappa shape index (κ1) is 15.0. The van der Waals surface area contributed by atoms with Crippen molar-refractivity contribution >= 4 is 17.5 Å². The Morgan fingerprint density at radius 1 is 1.52 bits per heavy atom. The van der Waals surface area contributed by atoms with E-state index in [2.05, 4.69) is 11.4 Å². The number of benzene rings is 1. The average Bonchev–Trinajstić information content (AvgIpc) is 2.50. The van der Waals surface area contributed by atoms with Gasteiger partial charge in [0.25, 0.3) is 0 Å². The van der Waals surface area contributed by atoms with Crippen LogP contribution in [0.2, 0.25) is 0 Å². The van der Waals surface area contributed by atoms with Gasteiger partial charge in [0.2, 0.25) is 0 Å². The summed E-state index contributed by atoms with van der Waals surface area (Å²) >= 11 is 0. The Bertz CT molecular complexity index is 545. The zero-order chi connectivity index (χ0) is 15.2. The molecule has 21 heavy (non-hydrogen) atoms. The first-order valence-corrected chi connectivity index (χ1v) is 7.12. The van der Waals surface area contributed by atoms with Gasteiger partial charge < -0.3 is 20.7 Å². The first-order chi connectivity index (χ1) is 10.1. The number of amides is 1. The number of nitrogens with two attached hydrogens (primary N) is 1. The second kappa shape index (κ2) is 6.84. The molecule has 2 rings (SSSR count). The number of nitriles is 1. The van der Waals surface area contributed by atoms with Gasteiger partial charge in [-0.3, -0.25) is 0 Å². The van der Waals surface area contributed by atoms with Crippen molar-refractivity contribution in [3.8, 4) is 6.07 Å². The Labute approximate surface area is 124 Å². The molecular formula is C15H20N4O2. The van der Waals surface area contributed by atoms with E-state index in [9.17, 15) is 4.79 Å². The fraction of sp³-hybridized carbons (Fsp3) is 0.467. The minimum atomic E-state index is -0.242. The van der Waals surface area contributed by atoms with Crippen LogP contribution in [0, 0.1) is 11.3 Å². The number of hydrogen-bond acceptors (Lipinski definition) is 5. The maximum absolute atomic E-state index is 11.6. The van der Waals surface area contributed by atoms with Crippen LogP contribution in [0.15, 0.2) is 18.2 Å². The lowest BCUT2D eigenvalue weighted by Gasteiger charge is -2.32. The largest absolute Gasteiger partial charge is 0.450 e. The highest BCUT2D eigenvalue weighted by atomic mass is 16.6. The second-order valence-electron chi connectivity index (χ2n) is 5.02. The monoisotopic (exact) mass is 288 g/mol. The zero-order valence-corrected chi connectivity index (χ0v) is 12.1. The molecule has 0 aliphatic carbocycles. The summed E-state index contributed by atoms with van der Waals surface area (Å²) in [5.41, 5.74) is 7.89. The molecule has 1 amide bonds. The van der Waals surface area contributed by atoms with Gasteiger partial charge in [0, 0.05) is 19.1 Å². The van der Waals surface area contributed by atoms with Crippen molar-refractivity contribution in [3.63, 3.8) is 0 Å². The number of nitrogen functional groups attached to an aromatic ring is 1. The Morgan fingerprint density at radius 2 is 2.24 bits per heavy atom. The van der Waals surface area contributed by atoms with E-state index in [0.29, 0.717) is 30.9 Å². The summed E-state index contributed by atoms with van der Waals surface area (Å²) in [6.07, 6.45) is 1.45. The van der Waals surface area contributed by atoms with E-state index >= 15 is 0 Å². The van der Waals surface area contributed by atoms with Crippen LogP contribution in [0.4, 0.5) is 16.2 Å². The molecular weight excluding hydrogens is 268 g/mol. The second-order valence-corrected chi connectivity index (χ2v) is 5.02. The molecule has 0 bridgehead atoms. The molecule has 6 nitrogen and oxygen atoms in total. The van der Waals surface area contributed by atoms with Gasteiger partial charge >= 0.3 is 6.09 Å². The number of nitrogens with zero attached hydrogens (tertiary/aromatic N) is 2. The highest BCUT2D eigenvalue weighted by Crippen LogP contribution is 2.23. The Kier molecular flexibility index (Phi) is 4.88. The number of anilines is 2. The molecule has 0 unspecified atom stereocenters. The summed E-state index contributed by atoms with van der Waals surface area (Å²) in [5.74, 6) is 0. The van der Waals surface area contributed by atoms with Gasteiger partial charge in [0.1, 0.15) is 0 Å². The molecule has 1 aliphatic heterocycles. The summed E-state index contributed by atoms with van der Waals surface area (Å²) in [6.45, 7) is 3.55. The standard InChI is InChI=1S/C15H20N4O2/c1-2-21-15(20)19-7-5-12(6-8-19)18-14-4-3-11(10-16)9-13(14)17/h3-4,9,12,18H,2,5-8,17H2,1H3. The topological polar surface area (TPSA) is 91.4 Å². The zero-order valence-electron chi connectivity index (χ0n) is 12.1.